The molecular weight excluding hydrogens is 366 g/mol. The lowest BCUT2D eigenvalue weighted by molar-refractivity contribution is -0.121. The molecule has 1 fully saturated rings. The first-order valence-electron chi connectivity index (χ1n) is 9.64. The van der Waals surface area contributed by atoms with E-state index in [-0.39, 0.29) is 11.8 Å². The zero-order valence-corrected chi connectivity index (χ0v) is 16.3. The van der Waals surface area contributed by atoms with Crippen molar-refractivity contribution in [2.24, 2.45) is 7.05 Å². The van der Waals surface area contributed by atoms with Crippen molar-refractivity contribution in [1.29, 1.82) is 0 Å². The number of amides is 2. The predicted octanol–water partition coefficient (Wildman–Crippen LogP) is 2.60. The lowest BCUT2D eigenvalue weighted by atomic mass is 9.73. The van der Waals surface area contributed by atoms with Gasteiger partial charge in [0.25, 0.3) is 5.91 Å². The average molecular weight is 387 g/mol. The first-order chi connectivity index (χ1) is 14.0. The van der Waals surface area contributed by atoms with Crippen LogP contribution in [0.5, 0.6) is 0 Å². The van der Waals surface area contributed by atoms with Crippen LogP contribution in [0.4, 0.5) is 5.69 Å². The first-order valence-corrected chi connectivity index (χ1v) is 9.64. The van der Waals surface area contributed by atoms with E-state index < -0.39 is 11.5 Å². The topological polar surface area (TPSA) is 80.1 Å². The van der Waals surface area contributed by atoms with E-state index >= 15 is 0 Å². The Morgan fingerprint density at radius 1 is 1.24 bits per heavy atom. The molecule has 7 nitrogen and oxygen atoms in total. The molecule has 1 saturated heterocycles. The maximum Gasteiger partial charge on any atom is 0.273 e. The van der Waals surface area contributed by atoms with Crippen molar-refractivity contribution in [1.82, 2.24) is 19.7 Å². The van der Waals surface area contributed by atoms with Crippen LogP contribution in [0.2, 0.25) is 0 Å². The van der Waals surface area contributed by atoms with Crippen molar-refractivity contribution < 1.29 is 9.59 Å². The molecule has 1 spiro atoms. The largest absolute Gasteiger partial charge is 0.329 e. The van der Waals surface area contributed by atoms with Gasteiger partial charge in [-0.25, -0.2) is 0 Å². The summed E-state index contributed by atoms with van der Waals surface area (Å²) in [6, 6.07) is 11.0. The lowest BCUT2D eigenvalue weighted by Gasteiger charge is -2.33. The summed E-state index contributed by atoms with van der Waals surface area (Å²) in [6.07, 6.45) is 5.81. The van der Waals surface area contributed by atoms with Crippen LogP contribution in [0.25, 0.3) is 0 Å². The van der Waals surface area contributed by atoms with Gasteiger partial charge < -0.3 is 10.2 Å². The molecule has 5 rings (SSSR count). The highest BCUT2D eigenvalue weighted by Crippen LogP contribution is 2.54. The Labute approximate surface area is 168 Å². The Kier molecular flexibility index (Phi) is 3.81. The summed E-state index contributed by atoms with van der Waals surface area (Å²) in [7, 11) is 1.84. The van der Waals surface area contributed by atoms with E-state index in [1.165, 1.54) is 0 Å². The minimum absolute atomic E-state index is 0.0689. The highest BCUT2D eigenvalue weighted by atomic mass is 16.2. The summed E-state index contributed by atoms with van der Waals surface area (Å²) in [5, 5.41) is 7.34. The number of hydrogen-bond acceptors (Lipinski definition) is 4. The van der Waals surface area contributed by atoms with Crippen molar-refractivity contribution in [3.63, 3.8) is 0 Å². The monoisotopic (exact) mass is 387 g/mol. The molecule has 4 heterocycles. The van der Waals surface area contributed by atoms with Gasteiger partial charge in [0.15, 0.2) is 0 Å². The smallest absolute Gasteiger partial charge is 0.273 e. The summed E-state index contributed by atoms with van der Waals surface area (Å²) in [4.78, 5) is 33.0. The number of para-hydroxylation sites is 1. The molecule has 29 heavy (non-hydrogen) atoms. The second-order valence-electron chi connectivity index (χ2n) is 7.74. The number of fused-ring (bicyclic) bond motifs is 2. The molecule has 0 bridgehead atoms. The number of hydrogen-bond donors (Lipinski definition) is 1. The molecule has 2 amide bonds. The molecule has 2 aliphatic rings. The molecule has 146 valence electrons. The SMILES string of the molecule is Cc1cccnc1C(=O)N1CC[C@]2(C(=O)Nc3ccccc32)[C@@H]1c1cnn(C)c1. The van der Waals surface area contributed by atoms with Gasteiger partial charge in [-0.2, -0.15) is 5.10 Å². The summed E-state index contributed by atoms with van der Waals surface area (Å²) in [5.74, 6) is -0.230. The highest BCUT2D eigenvalue weighted by Gasteiger charge is 2.59. The van der Waals surface area contributed by atoms with Crippen molar-refractivity contribution in [2.75, 3.05) is 11.9 Å². The van der Waals surface area contributed by atoms with Crippen LogP contribution in [-0.2, 0) is 17.3 Å². The zero-order valence-electron chi connectivity index (χ0n) is 16.3. The Balaban J connectivity index is 1.68. The minimum Gasteiger partial charge on any atom is -0.329 e. The van der Waals surface area contributed by atoms with Gasteiger partial charge in [-0.1, -0.05) is 24.3 Å². The number of nitrogens with one attached hydrogen (secondary N) is 1. The molecule has 2 aliphatic heterocycles. The molecule has 0 aliphatic carbocycles. The van der Waals surface area contributed by atoms with Crippen molar-refractivity contribution in [2.45, 2.75) is 24.8 Å². The van der Waals surface area contributed by atoms with Gasteiger partial charge in [-0.15, -0.1) is 0 Å². The third kappa shape index (κ3) is 2.43. The van der Waals surface area contributed by atoms with Gasteiger partial charge in [0.1, 0.15) is 11.1 Å². The fourth-order valence-electron chi connectivity index (χ4n) is 4.80. The van der Waals surface area contributed by atoms with E-state index in [2.05, 4.69) is 15.4 Å². The van der Waals surface area contributed by atoms with Crippen molar-refractivity contribution in [3.05, 3.63) is 77.4 Å². The maximum atomic E-state index is 13.5. The Bertz CT molecular complexity index is 1140. The predicted molar refractivity (Wildman–Crippen MR) is 107 cm³/mol. The molecule has 1 aromatic carbocycles. The number of anilines is 1. The normalized spacial score (nSPS) is 22.8. The number of nitrogens with zero attached hydrogens (tertiary/aromatic N) is 4. The number of likely N-dealkylation sites (tertiary alicyclic amines) is 1. The number of carbonyl (C=O) groups excluding carboxylic acids is 2. The third-order valence-corrected chi connectivity index (χ3v) is 6.10. The molecule has 2 aromatic heterocycles. The molecule has 1 N–H and O–H groups in total. The zero-order chi connectivity index (χ0) is 20.2. The van der Waals surface area contributed by atoms with Crippen LogP contribution in [0, 0.1) is 6.92 Å². The quantitative estimate of drug-likeness (QED) is 0.733. The van der Waals surface area contributed by atoms with Crippen LogP contribution in [-0.4, -0.2) is 38.0 Å². The lowest BCUT2D eigenvalue weighted by Crippen LogP contribution is -2.42. The van der Waals surface area contributed by atoms with Crippen LogP contribution in [0.15, 0.2) is 55.0 Å². The molecule has 0 unspecified atom stereocenters. The Morgan fingerprint density at radius 2 is 2.07 bits per heavy atom. The van der Waals surface area contributed by atoms with Crippen LogP contribution in [0.1, 0.15) is 39.6 Å². The Morgan fingerprint density at radius 3 is 2.83 bits per heavy atom. The number of aryl methyl sites for hydroxylation is 2. The third-order valence-electron chi connectivity index (χ3n) is 6.10. The van der Waals surface area contributed by atoms with Crippen molar-refractivity contribution >= 4 is 17.5 Å². The fraction of sp³-hybridized carbons (Fsp3) is 0.273. The van der Waals surface area contributed by atoms with E-state index in [1.54, 1.807) is 22.0 Å². The first kappa shape index (κ1) is 17.6. The highest BCUT2D eigenvalue weighted by molar-refractivity contribution is 6.08. The van der Waals surface area contributed by atoms with E-state index in [0.29, 0.717) is 18.7 Å². The van der Waals surface area contributed by atoms with E-state index in [0.717, 1.165) is 22.4 Å². The van der Waals surface area contributed by atoms with Gasteiger partial charge >= 0.3 is 0 Å². The molecule has 3 aromatic rings. The average Bonchev–Trinajstić information content (AvgIpc) is 3.39. The summed E-state index contributed by atoms with van der Waals surface area (Å²) >= 11 is 0. The second kappa shape index (κ2) is 6.27. The van der Waals surface area contributed by atoms with Gasteiger partial charge in [-0.3, -0.25) is 19.3 Å². The van der Waals surface area contributed by atoms with E-state index in [9.17, 15) is 9.59 Å². The molecule has 0 radical (unpaired) electrons. The number of pyridine rings is 1. The Hall–Kier alpha value is -3.48. The molecular formula is C22H21N5O2. The van der Waals surface area contributed by atoms with E-state index in [1.807, 2.05) is 56.6 Å². The van der Waals surface area contributed by atoms with Crippen LogP contribution in [0.3, 0.4) is 0 Å². The van der Waals surface area contributed by atoms with Crippen LogP contribution < -0.4 is 5.32 Å². The van der Waals surface area contributed by atoms with Gasteiger partial charge in [-0.05, 0) is 36.6 Å². The second-order valence-corrected chi connectivity index (χ2v) is 7.74. The summed E-state index contributed by atoms with van der Waals surface area (Å²) < 4.78 is 1.70. The van der Waals surface area contributed by atoms with E-state index in [4.69, 9.17) is 0 Å². The summed E-state index contributed by atoms with van der Waals surface area (Å²) in [5.41, 5.74) is 3.00. The molecule has 7 heteroatoms. The summed E-state index contributed by atoms with van der Waals surface area (Å²) in [6.45, 7) is 2.35. The maximum absolute atomic E-state index is 13.5. The fourth-order valence-corrected chi connectivity index (χ4v) is 4.80. The van der Waals surface area contributed by atoms with Crippen molar-refractivity contribution in [3.8, 4) is 0 Å². The van der Waals surface area contributed by atoms with Gasteiger partial charge in [0, 0.05) is 37.2 Å². The van der Waals surface area contributed by atoms with Gasteiger partial charge in [0.2, 0.25) is 5.91 Å². The number of rotatable bonds is 2. The molecule has 2 atom stereocenters. The number of benzene rings is 1. The number of aromatic nitrogens is 3. The molecule has 0 saturated carbocycles. The standard InChI is InChI=1S/C22H21N5O2/c1-14-6-5-10-23-18(14)20(28)27-11-9-22(19(27)15-12-24-26(2)13-15)16-7-3-4-8-17(16)25-21(22)29/h3-8,10,12-13,19H,9,11H2,1-2H3,(H,25,29)/t19-,22+/m0/s1. The van der Waals surface area contributed by atoms with Crippen LogP contribution >= 0.6 is 0 Å². The van der Waals surface area contributed by atoms with Gasteiger partial charge in [0.05, 0.1) is 12.2 Å². The number of carbonyl (C=O) groups is 2. The minimum atomic E-state index is -0.835.